The van der Waals surface area contributed by atoms with E-state index in [9.17, 15) is 5.11 Å². The molecular formula is C18H19N3OS. The van der Waals surface area contributed by atoms with E-state index < -0.39 is 5.60 Å². The Morgan fingerprint density at radius 2 is 1.91 bits per heavy atom. The molecule has 0 radical (unpaired) electrons. The van der Waals surface area contributed by atoms with Crippen LogP contribution in [0.1, 0.15) is 18.2 Å². The molecule has 3 aromatic rings. The minimum absolute atomic E-state index is 0.466. The zero-order valence-corrected chi connectivity index (χ0v) is 13.8. The second kappa shape index (κ2) is 7.00. The van der Waals surface area contributed by atoms with Crippen LogP contribution in [0.25, 0.3) is 10.7 Å². The lowest BCUT2D eigenvalue weighted by molar-refractivity contribution is 0.0566. The highest BCUT2D eigenvalue weighted by Gasteiger charge is 2.22. The zero-order valence-electron chi connectivity index (χ0n) is 12.9. The highest BCUT2D eigenvalue weighted by Crippen LogP contribution is 2.22. The molecule has 5 heteroatoms. The first-order valence-corrected chi connectivity index (χ1v) is 8.37. The molecule has 1 unspecified atom stereocenters. The van der Waals surface area contributed by atoms with E-state index in [0.717, 1.165) is 22.0 Å². The van der Waals surface area contributed by atoms with Gasteiger partial charge in [0, 0.05) is 24.7 Å². The minimum atomic E-state index is -0.902. The number of hydrogen-bond acceptors (Lipinski definition) is 5. The van der Waals surface area contributed by atoms with Crippen LogP contribution >= 0.6 is 11.3 Å². The van der Waals surface area contributed by atoms with Gasteiger partial charge in [-0.25, -0.2) is 4.98 Å². The molecule has 0 fully saturated rings. The first-order chi connectivity index (χ1) is 11.1. The minimum Gasteiger partial charge on any atom is -0.384 e. The van der Waals surface area contributed by atoms with E-state index in [2.05, 4.69) is 15.3 Å². The number of aliphatic hydroxyl groups is 1. The highest BCUT2D eigenvalue weighted by molar-refractivity contribution is 7.13. The van der Waals surface area contributed by atoms with Gasteiger partial charge in [0.1, 0.15) is 5.01 Å². The summed E-state index contributed by atoms with van der Waals surface area (Å²) in [6.07, 6.45) is 1.77. The molecule has 0 bridgehead atoms. The van der Waals surface area contributed by atoms with Crippen molar-refractivity contribution in [3.8, 4) is 10.7 Å². The van der Waals surface area contributed by atoms with Crippen molar-refractivity contribution in [3.63, 3.8) is 0 Å². The van der Waals surface area contributed by atoms with E-state index in [4.69, 9.17) is 0 Å². The van der Waals surface area contributed by atoms with Gasteiger partial charge in [-0.2, -0.15) is 0 Å². The van der Waals surface area contributed by atoms with Gasteiger partial charge in [0.15, 0.2) is 0 Å². The number of nitrogens with one attached hydrogen (secondary N) is 1. The third-order valence-electron chi connectivity index (χ3n) is 3.61. The second-order valence-corrected chi connectivity index (χ2v) is 6.46. The zero-order chi connectivity index (χ0) is 16.1. The van der Waals surface area contributed by atoms with Gasteiger partial charge >= 0.3 is 0 Å². The summed E-state index contributed by atoms with van der Waals surface area (Å²) >= 11 is 1.58. The van der Waals surface area contributed by atoms with Gasteiger partial charge in [0.25, 0.3) is 0 Å². The van der Waals surface area contributed by atoms with Crippen LogP contribution in [0.5, 0.6) is 0 Å². The summed E-state index contributed by atoms with van der Waals surface area (Å²) < 4.78 is 0. The molecule has 2 aromatic heterocycles. The standard InChI is InChI=1S/C18H19N3OS/c1-18(22,14-7-3-2-4-8-14)13-19-11-15-12-23-17(21-15)16-9-5-6-10-20-16/h2-10,12,19,22H,11,13H2,1H3. The number of aromatic nitrogens is 2. The van der Waals surface area contributed by atoms with Crippen LogP contribution in [0.3, 0.4) is 0 Å². The van der Waals surface area contributed by atoms with E-state index >= 15 is 0 Å². The van der Waals surface area contributed by atoms with E-state index in [1.54, 1.807) is 17.5 Å². The smallest absolute Gasteiger partial charge is 0.142 e. The summed E-state index contributed by atoms with van der Waals surface area (Å²) in [6, 6.07) is 15.5. The maximum atomic E-state index is 10.6. The fraction of sp³-hybridized carbons (Fsp3) is 0.222. The van der Waals surface area contributed by atoms with Gasteiger partial charge in [-0.15, -0.1) is 11.3 Å². The average molecular weight is 325 g/mol. The molecule has 0 saturated heterocycles. The molecule has 0 aliphatic carbocycles. The predicted molar refractivity (Wildman–Crippen MR) is 93.1 cm³/mol. The summed E-state index contributed by atoms with van der Waals surface area (Å²) in [5, 5.41) is 16.8. The maximum Gasteiger partial charge on any atom is 0.142 e. The van der Waals surface area contributed by atoms with Crippen molar-refractivity contribution in [1.29, 1.82) is 0 Å². The maximum absolute atomic E-state index is 10.6. The van der Waals surface area contributed by atoms with Crippen LogP contribution in [0, 0.1) is 0 Å². The molecule has 23 heavy (non-hydrogen) atoms. The summed E-state index contributed by atoms with van der Waals surface area (Å²) in [5.74, 6) is 0. The summed E-state index contributed by atoms with van der Waals surface area (Å²) in [6.45, 7) is 2.90. The molecule has 3 rings (SSSR count). The monoisotopic (exact) mass is 325 g/mol. The fourth-order valence-electron chi connectivity index (χ4n) is 2.33. The first kappa shape index (κ1) is 15.8. The van der Waals surface area contributed by atoms with Crippen molar-refractivity contribution in [3.05, 3.63) is 71.4 Å². The van der Waals surface area contributed by atoms with E-state index in [1.165, 1.54) is 0 Å². The number of benzene rings is 1. The Kier molecular flexibility index (Phi) is 4.81. The van der Waals surface area contributed by atoms with Crippen LogP contribution in [0.2, 0.25) is 0 Å². The largest absolute Gasteiger partial charge is 0.384 e. The van der Waals surface area contributed by atoms with Crippen LogP contribution in [0.4, 0.5) is 0 Å². The number of rotatable bonds is 6. The van der Waals surface area contributed by atoms with E-state index in [0.29, 0.717) is 13.1 Å². The molecule has 0 amide bonds. The van der Waals surface area contributed by atoms with Crippen LogP contribution in [-0.2, 0) is 12.1 Å². The van der Waals surface area contributed by atoms with Crippen molar-refractivity contribution in [2.75, 3.05) is 6.54 Å². The van der Waals surface area contributed by atoms with Crippen molar-refractivity contribution in [2.45, 2.75) is 19.1 Å². The van der Waals surface area contributed by atoms with Crippen LogP contribution in [-0.4, -0.2) is 21.6 Å². The van der Waals surface area contributed by atoms with Gasteiger partial charge in [-0.05, 0) is 24.6 Å². The molecule has 0 spiro atoms. The quantitative estimate of drug-likeness (QED) is 0.731. The number of thiazole rings is 1. The van der Waals surface area contributed by atoms with Gasteiger partial charge in [-0.1, -0.05) is 36.4 Å². The molecule has 4 nitrogen and oxygen atoms in total. The van der Waals surface area contributed by atoms with E-state index in [1.807, 2.05) is 60.8 Å². The lowest BCUT2D eigenvalue weighted by atomic mass is 9.96. The molecule has 118 valence electrons. The number of nitrogens with zero attached hydrogens (tertiary/aromatic N) is 2. The Morgan fingerprint density at radius 1 is 1.13 bits per heavy atom. The molecule has 2 heterocycles. The lowest BCUT2D eigenvalue weighted by Gasteiger charge is -2.24. The Hall–Kier alpha value is -2.08. The summed E-state index contributed by atoms with van der Waals surface area (Å²) in [4.78, 5) is 8.89. The Labute approximate surface area is 139 Å². The topological polar surface area (TPSA) is 58.0 Å². The fourth-order valence-corrected chi connectivity index (χ4v) is 3.12. The van der Waals surface area contributed by atoms with Gasteiger partial charge in [0.2, 0.25) is 0 Å². The first-order valence-electron chi connectivity index (χ1n) is 7.49. The predicted octanol–water partition coefficient (Wildman–Crippen LogP) is 3.20. The molecule has 0 saturated carbocycles. The van der Waals surface area contributed by atoms with Gasteiger partial charge < -0.3 is 10.4 Å². The Bertz CT molecular complexity index is 741. The second-order valence-electron chi connectivity index (χ2n) is 5.60. The van der Waals surface area contributed by atoms with Crippen LogP contribution < -0.4 is 5.32 Å². The third-order valence-corrected chi connectivity index (χ3v) is 4.52. The Morgan fingerprint density at radius 3 is 2.65 bits per heavy atom. The number of hydrogen-bond donors (Lipinski definition) is 2. The average Bonchev–Trinajstić information content (AvgIpc) is 3.05. The molecule has 0 aliphatic rings. The number of pyridine rings is 1. The molecule has 0 aliphatic heterocycles. The molecule has 2 N–H and O–H groups in total. The normalized spacial score (nSPS) is 13.7. The van der Waals surface area contributed by atoms with E-state index in [-0.39, 0.29) is 0 Å². The molecule has 1 aromatic carbocycles. The van der Waals surface area contributed by atoms with Gasteiger partial charge in [0.05, 0.1) is 17.0 Å². The Balaban J connectivity index is 1.58. The SMILES string of the molecule is CC(O)(CNCc1csc(-c2ccccn2)n1)c1ccccc1. The summed E-state index contributed by atoms with van der Waals surface area (Å²) in [5.41, 5.74) is 1.85. The molecular weight excluding hydrogens is 306 g/mol. The van der Waals surface area contributed by atoms with Crippen LogP contribution in [0.15, 0.2) is 60.1 Å². The van der Waals surface area contributed by atoms with Crippen molar-refractivity contribution >= 4 is 11.3 Å². The van der Waals surface area contributed by atoms with Crippen molar-refractivity contribution < 1.29 is 5.11 Å². The highest BCUT2D eigenvalue weighted by atomic mass is 32.1. The third kappa shape index (κ3) is 4.01. The van der Waals surface area contributed by atoms with Crippen molar-refractivity contribution in [2.24, 2.45) is 0 Å². The lowest BCUT2D eigenvalue weighted by Crippen LogP contribution is -2.35. The van der Waals surface area contributed by atoms with Gasteiger partial charge in [-0.3, -0.25) is 4.98 Å². The molecule has 1 atom stereocenters. The summed E-state index contributed by atoms with van der Waals surface area (Å²) in [7, 11) is 0. The van der Waals surface area contributed by atoms with Crippen molar-refractivity contribution in [1.82, 2.24) is 15.3 Å².